The Kier molecular flexibility index (Phi) is 4.82. The highest BCUT2D eigenvalue weighted by molar-refractivity contribution is 7.99. The highest BCUT2D eigenvalue weighted by Crippen LogP contribution is 2.63. The molecule has 206 valence electrons. The van der Waals surface area contributed by atoms with Gasteiger partial charge in [-0.05, 0) is 86.6 Å². The monoisotopic (exact) mass is 581 g/mol. The van der Waals surface area contributed by atoms with Crippen molar-refractivity contribution in [3.63, 3.8) is 0 Å². The van der Waals surface area contributed by atoms with Gasteiger partial charge in [0, 0.05) is 26.3 Å². The van der Waals surface area contributed by atoms with Gasteiger partial charge in [0.1, 0.15) is 5.82 Å². The third-order valence-electron chi connectivity index (χ3n) is 9.72. The molecule has 0 saturated carbocycles. The van der Waals surface area contributed by atoms with Crippen molar-refractivity contribution in [1.29, 1.82) is 0 Å². The van der Waals surface area contributed by atoms with Crippen LogP contribution < -0.4 is 0 Å². The van der Waals surface area contributed by atoms with E-state index in [0.29, 0.717) is 0 Å². The number of aromatic nitrogens is 1. The molecule has 44 heavy (non-hydrogen) atoms. The van der Waals surface area contributed by atoms with Crippen LogP contribution in [0.5, 0.6) is 0 Å². The molecule has 0 bridgehead atoms. The number of halogens is 1. The van der Waals surface area contributed by atoms with E-state index in [0.717, 1.165) is 16.7 Å². The molecule has 0 N–H and O–H groups in total. The van der Waals surface area contributed by atoms with Crippen LogP contribution in [0.1, 0.15) is 22.3 Å². The Morgan fingerprint density at radius 3 is 1.89 bits per heavy atom. The predicted molar refractivity (Wildman–Crippen MR) is 180 cm³/mol. The molecule has 1 aliphatic heterocycles. The lowest BCUT2D eigenvalue weighted by Crippen LogP contribution is -2.32. The molecular formula is C41H24FNS. The largest absolute Gasteiger partial charge is 0.309 e. The first-order chi connectivity index (χ1) is 21.7. The van der Waals surface area contributed by atoms with Gasteiger partial charge in [-0.3, -0.25) is 0 Å². The zero-order valence-corrected chi connectivity index (χ0v) is 24.4. The zero-order chi connectivity index (χ0) is 29.0. The minimum Gasteiger partial charge on any atom is -0.309 e. The summed E-state index contributed by atoms with van der Waals surface area (Å²) in [6, 6.07) is 51.5. The van der Waals surface area contributed by atoms with Crippen LogP contribution in [0.4, 0.5) is 4.39 Å². The molecule has 10 rings (SSSR count). The standard InChI is InChI=1S/C41H24FNS/c42-26-18-20-27(21-19-26)43-35-23-17-25-9-1-2-10-28(25)38(35)39-36(43)24-22-34-40(39)44-37-16-8-7-15-33(37)41(34)31-13-5-3-11-29(31)30-12-4-6-14-32(30)41/h1-24H. The molecule has 7 aromatic carbocycles. The Bertz CT molecular complexity index is 2440. The first kappa shape index (κ1) is 24.3. The lowest BCUT2D eigenvalue weighted by atomic mass is 9.67. The molecular weight excluding hydrogens is 558 g/mol. The second-order valence-corrected chi connectivity index (χ2v) is 12.8. The summed E-state index contributed by atoms with van der Waals surface area (Å²) in [5, 5.41) is 4.92. The zero-order valence-electron chi connectivity index (χ0n) is 23.6. The van der Waals surface area contributed by atoms with E-state index >= 15 is 0 Å². The van der Waals surface area contributed by atoms with Crippen molar-refractivity contribution in [2.45, 2.75) is 15.2 Å². The molecule has 2 aliphatic rings. The summed E-state index contributed by atoms with van der Waals surface area (Å²) >= 11 is 1.88. The molecule has 3 heteroatoms. The molecule has 0 radical (unpaired) electrons. The van der Waals surface area contributed by atoms with E-state index in [9.17, 15) is 4.39 Å². The topological polar surface area (TPSA) is 4.93 Å². The van der Waals surface area contributed by atoms with Crippen molar-refractivity contribution in [3.05, 3.63) is 174 Å². The highest BCUT2D eigenvalue weighted by atomic mass is 32.2. The summed E-state index contributed by atoms with van der Waals surface area (Å²) in [5.74, 6) is -0.231. The van der Waals surface area contributed by atoms with Crippen molar-refractivity contribution >= 4 is 44.3 Å². The number of rotatable bonds is 1. The first-order valence-electron chi connectivity index (χ1n) is 15.0. The lowest BCUT2D eigenvalue weighted by molar-refractivity contribution is 0.627. The Labute approximate surface area is 258 Å². The average molecular weight is 582 g/mol. The summed E-state index contributed by atoms with van der Waals surface area (Å²) in [5.41, 5.74) is 10.7. The quantitative estimate of drug-likeness (QED) is 0.187. The fourth-order valence-corrected chi connectivity index (χ4v) is 9.38. The first-order valence-corrected chi connectivity index (χ1v) is 15.8. The van der Waals surface area contributed by atoms with Crippen LogP contribution in [-0.4, -0.2) is 4.57 Å². The normalized spacial score (nSPS) is 14.1. The number of hydrogen-bond acceptors (Lipinski definition) is 1. The molecule has 1 aromatic heterocycles. The third kappa shape index (κ3) is 2.95. The van der Waals surface area contributed by atoms with Gasteiger partial charge < -0.3 is 4.57 Å². The van der Waals surface area contributed by atoms with Gasteiger partial charge in [-0.2, -0.15) is 0 Å². The summed E-state index contributed by atoms with van der Waals surface area (Å²) in [7, 11) is 0. The van der Waals surface area contributed by atoms with Crippen LogP contribution in [0.3, 0.4) is 0 Å². The van der Waals surface area contributed by atoms with Gasteiger partial charge in [0.25, 0.3) is 0 Å². The second kappa shape index (κ2) is 8.72. The maximum Gasteiger partial charge on any atom is 0.123 e. The minimum atomic E-state index is -0.437. The number of fused-ring (bicyclic) bond motifs is 15. The Morgan fingerprint density at radius 1 is 0.500 bits per heavy atom. The van der Waals surface area contributed by atoms with Gasteiger partial charge in [-0.15, -0.1) is 0 Å². The van der Waals surface area contributed by atoms with E-state index in [-0.39, 0.29) is 5.82 Å². The van der Waals surface area contributed by atoms with Gasteiger partial charge in [0.05, 0.1) is 16.4 Å². The molecule has 0 unspecified atom stereocenters. The fraction of sp³-hybridized carbons (Fsp3) is 0.0244. The van der Waals surface area contributed by atoms with E-state index in [1.165, 1.54) is 64.7 Å². The van der Waals surface area contributed by atoms with Crippen molar-refractivity contribution in [2.24, 2.45) is 0 Å². The maximum atomic E-state index is 14.1. The van der Waals surface area contributed by atoms with Crippen LogP contribution in [0.25, 0.3) is 49.4 Å². The van der Waals surface area contributed by atoms with Gasteiger partial charge in [-0.1, -0.05) is 115 Å². The van der Waals surface area contributed by atoms with E-state index in [1.807, 2.05) is 23.9 Å². The number of hydrogen-bond donors (Lipinski definition) is 0. The van der Waals surface area contributed by atoms with Gasteiger partial charge in [-0.25, -0.2) is 4.39 Å². The van der Waals surface area contributed by atoms with Crippen LogP contribution in [0.15, 0.2) is 155 Å². The smallest absolute Gasteiger partial charge is 0.123 e. The average Bonchev–Trinajstić information content (AvgIpc) is 3.57. The molecule has 1 spiro atoms. The molecule has 1 nitrogen and oxygen atoms in total. The van der Waals surface area contributed by atoms with E-state index < -0.39 is 5.41 Å². The number of nitrogens with zero attached hydrogens (tertiary/aromatic N) is 1. The molecule has 2 heterocycles. The van der Waals surface area contributed by atoms with Gasteiger partial charge in [0.2, 0.25) is 0 Å². The SMILES string of the molecule is Fc1ccc(-n2c3ccc4c(c3c3c5ccccc5ccc32)Sc2ccccc2C42c3ccccc3-c3ccccc32)cc1. The summed E-state index contributed by atoms with van der Waals surface area (Å²) in [4.78, 5) is 2.57. The molecule has 0 atom stereocenters. The van der Waals surface area contributed by atoms with Crippen molar-refractivity contribution in [1.82, 2.24) is 4.57 Å². The summed E-state index contributed by atoms with van der Waals surface area (Å²) in [6.45, 7) is 0. The van der Waals surface area contributed by atoms with Crippen LogP contribution in [0, 0.1) is 5.82 Å². The highest BCUT2D eigenvalue weighted by Gasteiger charge is 2.50. The van der Waals surface area contributed by atoms with E-state index in [1.54, 1.807) is 12.1 Å². The molecule has 0 saturated heterocycles. The third-order valence-corrected chi connectivity index (χ3v) is 10.9. The second-order valence-electron chi connectivity index (χ2n) is 11.8. The number of benzene rings is 7. The minimum absolute atomic E-state index is 0.231. The van der Waals surface area contributed by atoms with Gasteiger partial charge in [0.15, 0.2) is 0 Å². The van der Waals surface area contributed by atoms with Crippen LogP contribution >= 0.6 is 11.8 Å². The summed E-state index contributed by atoms with van der Waals surface area (Å²) < 4.78 is 16.4. The van der Waals surface area contributed by atoms with Crippen molar-refractivity contribution in [3.8, 4) is 16.8 Å². The molecule has 0 fully saturated rings. The molecule has 1 aliphatic carbocycles. The predicted octanol–water partition coefficient (Wildman–Crippen LogP) is 10.9. The fourth-order valence-electron chi connectivity index (χ4n) is 8.04. The van der Waals surface area contributed by atoms with Gasteiger partial charge >= 0.3 is 0 Å². The Balaban J connectivity index is 1.43. The van der Waals surface area contributed by atoms with Crippen molar-refractivity contribution < 1.29 is 4.39 Å². The van der Waals surface area contributed by atoms with Crippen LogP contribution in [0.2, 0.25) is 0 Å². The Morgan fingerprint density at radius 2 is 1.11 bits per heavy atom. The molecule has 8 aromatic rings. The summed E-state index contributed by atoms with van der Waals surface area (Å²) in [6.07, 6.45) is 0. The van der Waals surface area contributed by atoms with Crippen molar-refractivity contribution in [2.75, 3.05) is 0 Å². The van der Waals surface area contributed by atoms with Crippen LogP contribution in [-0.2, 0) is 5.41 Å². The Hall–Kier alpha value is -5.12. The van der Waals surface area contributed by atoms with E-state index in [2.05, 4.69) is 126 Å². The lowest BCUT2D eigenvalue weighted by Gasteiger charge is -2.40. The maximum absolute atomic E-state index is 14.1. The molecule has 0 amide bonds. The van der Waals surface area contributed by atoms with E-state index in [4.69, 9.17) is 0 Å².